The zero-order chi connectivity index (χ0) is 17.9. The first-order valence-electron chi connectivity index (χ1n) is 8.40. The number of carboxylic acids is 1. The fraction of sp³-hybridized carbons (Fsp3) is 0.444. The van der Waals surface area contributed by atoms with E-state index in [1.165, 1.54) is 16.4 Å². The van der Waals surface area contributed by atoms with Crippen LogP contribution in [0.1, 0.15) is 35.8 Å². The molecule has 0 saturated carbocycles. The molecular weight excluding hydrogens is 320 g/mol. The van der Waals surface area contributed by atoms with Crippen LogP contribution in [0.15, 0.2) is 36.5 Å². The Morgan fingerprint density at radius 2 is 2.04 bits per heavy atom. The highest BCUT2D eigenvalue weighted by Gasteiger charge is 2.35. The molecule has 1 amide bonds. The summed E-state index contributed by atoms with van der Waals surface area (Å²) in [5, 5.41) is 16.1. The standard InChI is InChI=1S/C18H22N4O3/c1-18(8-7-14-5-3-2-4-6-14)9-10-21(13-18)16(23)12-22-11-15(17(24)25)19-20-22/h2-6,11H,7-10,12-13H2,1H3,(H,24,25). The minimum Gasteiger partial charge on any atom is -0.476 e. The third-order valence-corrected chi connectivity index (χ3v) is 4.83. The van der Waals surface area contributed by atoms with Crippen LogP contribution < -0.4 is 0 Å². The fourth-order valence-electron chi connectivity index (χ4n) is 3.24. The van der Waals surface area contributed by atoms with Gasteiger partial charge in [0.05, 0.1) is 6.20 Å². The normalized spacial score (nSPS) is 20.0. The highest BCUT2D eigenvalue weighted by Crippen LogP contribution is 2.34. The Bertz CT molecular complexity index is 759. The van der Waals surface area contributed by atoms with E-state index in [1.54, 1.807) is 0 Å². The van der Waals surface area contributed by atoms with Crippen LogP contribution in [0.5, 0.6) is 0 Å². The van der Waals surface area contributed by atoms with Crippen LogP contribution in [0.25, 0.3) is 0 Å². The monoisotopic (exact) mass is 342 g/mol. The number of carbonyl (C=O) groups excluding carboxylic acids is 1. The molecule has 1 fully saturated rings. The van der Waals surface area contributed by atoms with Gasteiger partial charge >= 0.3 is 5.97 Å². The SMILES string of the molecule is CC1(CCc2ccccc2)CCN(C(=O)Cn2cc(C(=O)O)nn2)C1. The van der Waals surface area contributed by atoms with E-state index in [-0.39, 0.29) is 23.6 Å². The van der Waals surface area contributed by atoms with Crippen molar-refractivity contribution in [1.82, 2.24) is 19.9 Å². The molecular formula is C18H22N4O3. The minimum atomic E-state index is -1.15. The first kappa shape index (κ1) is 17.1. The van der Waals surface area contributed by atoms with Gasteiger partial charge in [-0.15, -0.1) is 5.10 Å². The lowest BCUT2D eigenvalue weighted by Crippen LogP contribution is -2.34. The Morgan fingerprint density at radius 3 is 2.72 bits per heavy atom. The lowest BCUT2D eigenvalue weighted by atomic mass is 9.83. The van der Waals surface area contributed by atoms with Crippen molar-refractivity contribution in [1.29, 1.82) is 0 Å². The predicted molar refractivity (Wildman–Crippen MR) is 91.0 cm³/mol. The van der Waals surface area contributed by atoms with Gasteiger partial charge in [-0.2, -0.15) is 0 Å². The van der Waals surface area contributed by atoms with Gasteiger partial charge in [-0.3, -0.25) is 4.79 Å². The zero-order valence-corrected chi connectivity index (χ0v) is 14.3. The molecule has 132 valence electrons. The van der Waals surface area contributed by atoms with E-state index in [2.05, 4.69) is 29.4 Å². The van der Waals surface area contributed by atoms with E-state index in [0.717, 1.165) is 32.4 Å². The molecule has 1 aromatic carbocycles. The summed E-state index contributed by atoms with van der Waals surface area (Å²) in [5.41, 5.74) is 1.28. The van der Waals surface area contributed by atoms with Crippen LogP contribution in [0.4, 0.5) is 0 Å². The van der Waals surface area contributed by atoms with E-state index >= 15 is 0 Å². The van der Waals surface area contributed by atoms with Crippen LogP contribution in [0, 0.1) is 5.41 Å². The third-order valence-electron chi connectivity index (χ3n) is 4.83. The number of amides is 1. The first-order valence-corrected chi connectivity index (χ1v) is 8.40. The first-order chi connectivity index (χ1) is 12.0. The topological polar surface area (TPSA) is 88.3 Å². The smallest absolute Gasteiger partial charge is 0.358 e. The second-order valence-electron chi connectivity index (χ2n) is 6.97. The van der Waals surface area contributed by atoms with Crippen LogP contribution in [0.3, 0.4) is 0 Å². The van der Waals surface area contributed by atoms with E-state index in [1.807, 2.05) is 23.1 Å². The summed E-state index contributed by atoms with van der Waals surface area (Å²) in [5.74, 6) is -1.20. The fourth-order valence-corrected chi connectivity index (χ4v) is 3.24. The second-order valence-corrected chi connectivity index (χ2v) is 6.97. The molecule has 0 radical (unpaired) electrons. The number of carboxylic acid groups (broad SMARTS) is 1. The molecule has 25 heavy (non-hydrogen) atoms. The van der Waals surface area contributed by atoms with Gasteiger partial charge < -0.3 is 10.0 Å². The summed E-state index contributed by atoms with van der Waals surface area (Å²) in [6.45, 7) is 3.69. The van der Waals surface area contributed by atoms with Crippen molar-refractivity contribution < 1.29 is 14.7 Å². The Labute approximate surface area is 146 Å². The second kappa shape index (κ2) is 7.04. The minimum absolute atomic E-state index is 0.0229. The van der Waals surface area contributed by atoms with E-state index in [9.17, 15) is 9.59 Å². The molecule has 1 unspecified atom stereocenters. The number of hydrogen-bond acceptors (Lipinski definition) is 4. The summed E-state index contributed by atoms with van der Waals surface area (Å²) in [6.07, 6.45) is 4.30. The lowest BCUT2D eigenvalue weighted by molar-refractivity contribution is -0.131. The number of hydrogen-bond donors (Lipinski definition) is 1. The molecule has 1 aliphatic rings. The van der Waals surface area contributed by atoms with Crippen LogP contribution in [-0.4, -0.2) is 50.0 Å². The summed E-state index contributed by atoms with van der Waals surface area (Å²) in [7, 11) is 0. The molecule has 1 atom stereocenters. The largest absolute Gasteiger partial charge is 0.476 e. The number of aryl methyl sites for hydroxylation is 1. The zero-order valence-electron chi connectivity index (χ0n) is 14.3. The molecule has 3 rings (SSSR count). The number of aromatic carboxylic acids is 1. The van der Waals surface area contributed by atoms with Gasteiger partial charge in [-0.05, 0) is 30.2 Å². The summed E-state index contributed by atoms with van der Waals surface area (Å²) in [4.78, 5) is 25.1. The Kier molecular flexibility index (Phi) is 4.83. The van der Waals surface area contributed by atoms with Crippen molar-refractivity contribution in [2.75, 3.05) is 13.1 Å². The number of rotatable bonds is 6. The van der Waals surface area contributed by atoms with Crippen LogP contribution >= 0.6 is 0 Å². The maximum absolute atomic E-state index is 12.4. The Balaban J connectivity index is 1.53. The summed E-state index contributed by atoms with van der Waals surface area (Å²) >= 11 is 0. The molecule has 2 heterocycles. The van der Waals surface area contributed by atoms with Crippen molar-refractivity contribution in [2.24, 2.45) is 5.41 Å². The number of nitrogens with zero attached hydrogens (tertiary/aromatic N) is 4. The van der Waals surface area contributed by atoms with Gasteiger partial charge in [0.15, 0.2) is 5.69 Å². The third kappa shape index (κ3) is 4.23. The van der Waals surface area contributed by atoms with E-state index < -0.39 is 5.97 Å². The van der Waals surface area contributed by atoms with Crippen molar-refractivity contribution in [3.05, 3.63) is 47.8 Å². The summed E-state index contributed by atoms with van der Waals surface area (Å²) in [6, 6.07) is 10.4. The van der Waals surface area contributed by atoms with Crippen LogP contribution in [0.2, 0.25) is 0 Å². The van der Waals surface area contributed by atoms with Gasteiger partial charge in [0.1, 0.15) is 6.54 Å². The average molecular weight is 342 g/mol. The van der Waals surface area contributed by atoms with E-state index in [4.69, 9.17) is 5.11 Å². The van der Waals surface area contributed by atoms with Gasteiger partial charge in [0, 0.05) is 13.1 Å². The van der Waals surface area contributed by atoms with E-state index in [0.29, 0.717) is 0 Å². The highest BCUT2D eigenvalue weighted by molar-refractivity contribution is 5.84. The Hall–Kier alpha value is -2.70. The lowest BCUT2D eigenvalue weighted by Gasteiger charge is -2.24. The molecule has 1 N–H and O–H groups in total. The van der Waals surface area contributed by atoms with Gasteiger partial charge in [0.2, 0.25) is 5.91 Å². The molecule has 1 aliphatic heterocycles. The summed E-state index contributed by atoms with van der Waals surface area (Å²) < 4.78 is 1.28. The number of benzene rings is 1. The van der Waals surface area contributed by atoms with Crippen LogP contribution in [-0.2, 0) is 17.8 Å². The van der Waals surface area contributed by atoms with Crippen molar-refractivity contribution in [3.63, 3.8) is 0 Å². The maximum atomic E-state index is 12.4. The molecule has 0 spiro atoms. The number of carbonyl (C=O) groups is 2. The molecule has 0 bridgehead atoms. The van der Waals surface area contributed by atoms with Crippen molar-refractivity contribution in [2.45, 2.75) is 32.7 Å². The molecule has 7 nitrogen and oxygen atoms in total. The predicted octanol–water partition coefficient (Wildman–Crippen LogP) is 1.85. The molecule has 1 aromatic heterocycles. The molecule has 7 heteroatoms. The molecule has 1 saturated heterocycles. The van der Waals surface area contributed by atoms with Gasteiger partial charge in [0.25, 0.3) is 0 Å². The molecule has 0 aliphatic carbocycles. The quantitative estimate of drug-likeness (QED) is 0.865. The van der Waals surface area contributed by atoms with Gasteiger partial charge in [-0.25, -0.2) is 9.48 Å². The number of aromatic nitrogens is 3. The average Bonchev–Trinajstić information content (AvgIpc) is 3.22. The molecule has 2 aromatic rings. The van der Waals surface area contributed by atoms with Crippen molar-refractivity contribution >= 4 is 11.9 Å². The highest BCUT2D eigenvalue weighted by atomic mass is 16.4. The van der Waals surface area contributed by atoms with Crippen molar-refractivity contribution in [3.8, 4) is 0 Å². The Morgan fingerprint density at radius 1 is 1.28 bits per heavy atom. The van der Waals surface area contributed by atoms with Gasteiger partial charge in [-0.1, -0.05) is 42.5 Å². The maximum Gasteiger partial charge on any atom is 0.358 e. The number of likely N-dealkylation sites (tertiary alicyclic amines) is 1.